The minimum Gasteiger partial charge on any atom is -0.484 e. The Bertz CT molecular complexity index is 1150. The van der Waals surface area contributed by atoms with Crippen LogP contribution in [0.1, 0.15) is 25.0 Å². The highest BCUT2D eigenvalue weighted by molar-refractivity contribution is 6.42. The van der Waals surface area contributed by atoms with Crippen LogP contribution in [0.5, 0.6) is 5.75 Å². The molecule has 190 valence electrons. The molecule has 1 N–H and O–H groups in total. The van der Waals surface area contributed by atoms with E-state index in [1.807, 2.05) is 44.2 Å². The van der Waals surface area contributed by atoms with Gasteiger partial charge in [-0.3, -0.25) is 9.59 Å². The highest BCUT2D eigenvalue weighted by Crippen LogP contribution is 2.24. The number of nitrogens with one attached hydrogen (secondary N) is 1. The van der Waals surface area contributed by atoms with E-state index in [0.29, 0.717) is 33.8 Å². The van der Waals surface area contributed by atoms with E-state index in [-0.39, 0.29) is 30.9 Å². The van der Waals surface area contributed by atoms with E-state index in [4.69, 9.17) is 39.5 Å². The van der Waals surface area contributed by atoms with Crippen LogP contribution >= 0.6 is 34.8 Å². The van der Waals surface area contributed by atoms with E-state index < -0.39 is 6.04 Å². The zero-order valence-electron chi connectivity index (χ0n) is 20.2. The van der Waals surface area contributed by atoms with Crippen LogP contribution in [0, 0.1) is 5.92 Å². The number of hydrogen-bond donors (Lipinski definition) is 1. The lowest BCUT2D eigenvalue weighted by Crippen LogP contribution is -2.52. The predicted molar refractivity (Wildman–Crippen MR) is 146 cm³/mol. The van der Waals surface area contributed by atoms with Gasteiger partial charge >= 0.3 is 0 Å². The molecule has 0 aliphatic carbocycles. The summed E-state index contributed by atoms with van der Waals surface area (Å²) in [4.78, 5) is 28.5. The molecule has 3 aromatic rings. The molecule has 0 bridgehead atoms. The molecular weight excluding hydrogens is 519 g/mol. The monoisotopic (exact) mass is 546 g/mol. The first kappa shape index (κ1) is 27.9. The summed E-state index contributed by atoms with van der Waals surface area (Å²) in [5.74, 6) is 0.203. The lowest BCUT2D eigenvalue weighted by Gasteiger charge is -2.31. The normalized spacial score (nSPS) is 11.7. The van der Waals surface area contributed by atoms with E-state index >= 15 is 0 Å². The number of hydrogen-bond acceptors (Lipinski definition) is 3. The smallest absolute Gasteiger partial charge is 0.261 e. The summed E-state index contributed by atoms with van der Waals surface area (Å²) >= 11 is 18.3. The fourth-order valence-corrected chi connectivity index (χ4v) is 4.02. The van der Waals surface area contributed by atoms with Crippen molar-refractivity contribution in [2.45, 2.75) is 32.9 Å². The number of carbonyl (C=O) groups excluding carboxylic acids is 2. The second-order valence-electron chi connectivity index (χ2n) is 8.86. The van der Waals surface area contributed by atoms with Crippen molar-refractivity contribution < 1.29 is 14.3 Å². The molecule has 1 atom stereocenters. The molecule has 0 spiro atoms. The van der Waals surface area contributed by atoms with Gasteiger partial charge in [-0.15, -0.1) is 0 Å². The molecule has 36 heavy (non-hydrogen) atoms. The Morgan fingerprint density at radius 2 is 1.58 bits per heavy atom. The maximum Gasteiger partial charge on any atom is 0.261 e. The molecule has 0 aliphatic rings. The summed E-state index contributed by atoms with van der Waals surface area (Å²) < 4.78 is 5.73. The van der Waals surface area contributed by atoms with Crippen molar-refractivity contribution in [3.63, 3.8) is 0 Å². The SMILES string of the molecule is CC(C)CNC(=O)C(Cc1ccccc1)N(Cc1ccc(Cl)c(Cl)c1)C(=O)COc1ccc(Cl)cc1. The first-order chi connectivity index (χ1) is 17.2. The Morgan fingerprint density at radius 3 is 2.22 bits per heavy atom. The lowest BCUT2D eigenvalue weighted by atomic mass is 10.0. The molecule has 0 fully saturated rings. The molecule has 5 nitrogen and oxygen atoms in total. The second kappa shape index (κ2) is 13.5. The average Bonchev–Trinajstić information content (AvgIpc) is 2.86. The summed E-state index contributed by atoms with van der Waals surface area (Å²) in [6.07, 6.45) is 0.346. The first-order valence-corrected chi connectivity index (χ1v) is 12.8. The number of amides is 2. The van der Waals surface area contributed by atoms with Crippen molar-refractivity contribution in [2.24, 2.45) is 5.92 Å². The molecule has 0 aliphatic heterocycles. The number of carbonyl (C=O) groups is 2. The lowest BCUT2D eigenvalue weighted by molar-refractivity contribution is -0.142. The van der Waals surface area contributed by atoms with Crippen LogP contribution < -0.4 is 10.1 Å². The van der Waals surface area contributed by atoms with Crippen molar-refractivity contribution in [1.29, 1.82) is 0 Å². The van der Waals surface area contributed by atoms with Crippen molar-refractivity contribution in [2.75, 3.05) is 13.2 Å². The zero-order valence-corrected chi connectivity index (χ0v) is 22.5. The Labute approximate surface area is 227 Å². The number of nitrogens with zero attached hydrogens (tertiary/aromatic N) is 1. The van der Waals surface area contributed by atoms with Crippen LogP contribution in [0.2, 0.25) is 15.1 Å². The highest BCUT2D eigenvalue weighted by Gasteiger charge is 2.31. The minimum atomic E-state index is -0.762. The van der Waals surface area contributed by atoms with E-state index in [2.05, 4.69) is 5.32 Å². The molecule has 0 heterocycles. The third-order valence-corrected chi connectivity index (χ3v) is 6.46. The largest absolute Gasteiger partial charge is 0.484 e. The van der Waals surface area contributed by atoms with Crippen LogP contribution in [0.4, 0.5) is 0 Å². The van der Waals surface area contributed by atoms with E-state index in [9.17, 15) is 9.59 Å². The molecule has 0 aromatic heterocycles. The van der Waals surface area contributed by atoms with Crippen molar-refractivity contribution in [1.82, 2.24) is 10.2 Å². The number of rotatable bonds is 11. The summed E-state index contributed by atoms with van der Waals surface area (Å²) in [6, 6.07) is 20.8. The summed E-state index contributed by atoms with van der Waals surface area (Å²) in [7, 11) is 0. The van der Waals surface area contributed by atoms with Crippen molar-refractivity contribution in [3.05, 3.63) is 99.0 Å². The molecule has 3 aromatic carbocycles. The Balaban J connectivity index is 1.91. The maximum absolute atomic E-state index is 13.5. The molecule has 2 amide bonds. The maximum atomic E-state index is 13.5. The van der Waals surface area contributed by atoms with Crippen molar-refractivity contribution >= 4 is 46.6 Å². The zero-order chi connectivity index (χ0) is 26.1. The minimum absolute atomic E-state index is 0.159. The van der Waals surface area contributed by atoms with Gasteiger partial charge < -0.3 is 15.0 Å². The van der Waals surface area contributed by atoms with Gasteiger partial charge in [-0.25, -0.2) is 0 Å². The Hall–Kier alpha value is -2.73. The van der Waals surface area contributed by atoms with Crippen LogP contribution in [0.15, 0.2) is 72.8 Å². The summed E-state index contributed by atoms with van der Waals surface area (Å²) in [6.45, 7) is 4.45. The Kier molecular flexibility index (Phi) is 10.5. The fraction of sp³-hybridized carbons (Fsp3) is 0.286. The summed E-state index contributed by atoms with van der Waals surface area (Å²) in [5.41, 5.74) is 1.69. The third kappa shape index (κ3) is 8.44. The number of halogens is 3. The summed E-state index contributed by atoms with van der Waals surface area (Å²) in [5, 5.41) is 4.35. The first-order valence-electron chi connectivity index (χ1n) is 11.7. The average molecular weight is 548 g/mol. The second-order valence-corrected chi connectivity index (χ2v) is 10.1. The van der Waals surface area contributed by atoms with Gasteiger partial charge in [0.05, 0.1) is 10.0 Å². The molecule has 3 rings (SSSR count). The van der Waals surface area contributed by atoms with Gasteiger partial charge in [-0.2, -0.15) is 0 Å². The van der Waals surface area contributed by atoms with Gasteiger partial charge in [0.1, 0.15) is 11.8 Å². The quantitative estimate of drug-likeness (QED) is 0.301. The van der Waals surface area contributed by atoms with E-state index in [1.165, 1.54) is 4.90 Å². The van der Waals surface area contributed by atoms with Gasteiger partial charge in [0.25, 0.3) is 5.91 Å². The number of ether oxygens (including phenoxy) is 1. The van der Waals surface area contributed by atoms with Gasteiger partial charge in [-0.05, 0) is 53.4 Å². The van der Waals surface area contributed by atoms with Crippen LogP contribution in [0.3, 0.4) is 0 Å². The molecule has 0 saturated heterocycles. The van der Waals surface area contributed by atoms with Gasteiger partial charge in [0.15, 0.2) is 6.61 Å². The predicted octanol–water partition coefficient (Wildman–Crippen LogP) is 6.44. The third-order valence-electron chi connectivity index (χ3n) is 5.47. The molecule has 0 radical (unpaired) electrons. The fourth-order valence-electron chi connectivity index (χ4n) is 3.57. The molecule has 1 unspecified atom stereocenters. The van der Waals surface area contributed by atoms with Crippen molar-refractivity contribution in [3.8, 4) is 5.75 Å². The van der Waals surface area contributed by atoms with Gasteiger partial charge in [-0.1, -0.05) is 85.0 Å². The van der Waals surface area contributed by atoms with Crippen LogP contribution in [0.25, 0.3) is 0 Å². The molecule has 0 saturated carbocycles. The standard InChI is InChI=1S/C28H29Cl3N2O3/c1-19(2)16-32-28(35)26(15-20-6-4-3-5-7-20)33(17-21-8-13-24(30)25(31)14-21)27(34)18-36-23-11-9-22(29)10-12-23/h3-14,19,26H,15-18H2,1-2H3,(H,32,35). The highest BCUT2D eigenvalue weighted by atomic mass is 35.5. The van der Waals surface area contributed by atoms with E-state index in [1.54, 1.807) is 42.5 Å². The van der Waals surface area contributed by atoms with Gasteiger partial charge in [0, 0.05) is 24.5 Å². The number of benzene rings is 3. The van der Waals surface area contributed by atoms with Crippen LogP contribution in [-0.4, -0.2) is 35.9 Å². The van der Waals surface area contributed by atoms with E-state index in [0.717, 1.165) is 11.1 Å². The van der Waals surface area contributed by atoms with Gasteiger partial charge in [0.2, 0.25) is 5.91 Å². The topological polar surface area (TPSA) is 58.6 Å². The van der Waals surface area contributed by atoms with Crippen LogP contribution in [-0.2, 0) is 22.6 Å². The molecule has 8 heteroatoms. The Morgan fingerprint density at radius 1 is 0.889 bits per heavy atom. The molecular formula is C28H29Cl3N2O3.